The highest BCUT2D eigenvalue weighted by Crippen LogP contribution is 2.48. The van der Waals surface area contributed by atoms with Crippen LogP contribution >= 0.6 is 7.60 Å². The van der Waals surface area contributed by atoms with Gasteiger partial charge >= 0.3 is 7.60 Å². The SMILES string of the molecule is CCCCC(CCC)OP(=O)(O)Cc1ccccc1. The monoisotopic (exact) mass is 284 g/mol. The minimum absolute atomic E-state index is 0.0931. The predicted molar refractivity (Wildman–Crippen MR) is 79.3 cm³/mol. The van der Waals surface area contributed by atoms with Crippen LogP contribution in [-0.2, 0) is 15.3 Å². The molecule has 0 amide bonds. The summed E-state index contributed by atoms with van der Waals surface area (Å²) in [4.78, 5) is 10.00. The zero-order valence-corrected chi connectivity index (χ0v) is 12.8. The quantitative estimate of drug-likeness (QED) is 0.666. The number of hydrogen-bond donors (Lipinski definition) is 1. The van der Waals surface area contributed by atoms with Gasteiger partial charge in [0.25, 0.3) is 0 Å². The Morgan fingerprint density at radius 3 is 2.42 bits per heavy atom. The fourth-order valence-corrected chi connectivity index (χ4v) is 3.51. The fraction of sp³-hybridized carbons (Fsp3) is 0.600. The van der Waals surface area contributed by atoms with Gasteiger partial charge in [-0.3, -0.25) is 4.57 Å². The average molecular weight is 284 g/mol. The topological polar surface area (TPSA) is 46.5 Å². The lowest BCUT2D eigenvalue weighted by molar-refractivity contribution is 0.152. The molecule has 0 saturated carbocycles. The Hall–Kier alpha value is -0.630. The zero-order valence-electron chi connectivity index (χ0n) is 11.9. The van der Waals surface area contributed by atoms with Gasteiger partial charge in [-0.25, -0.2) is 0 Å². The summed E-state index contributed by atoms with van der Waals surface area (Å²) < 4.78 is 17.7. The molecule has 1 aromatic carbocycles. The maximum absolute atomic E-state index is 12.2. The van der Waals surface area contributed by atoms with Crippen LogP contribution in [0.15, 0.2) is 30.3 Å². The largest absolute Gasteiger partial charge is 0.332 e. The molecule has 108 valence electrons. The molecule has 3 nitrogen and oxygen atoms in total. The highest BCUT2D eigenvalue weighted by Gasteiger charge is 2.24. The molecular weight excluding hydrogens is 259 g/mol. The van der Waals surface area contributed by atoms with Crippen LogP contribution < -0.4 is 0 Å². The van der Waals surface area contributed by atoms with E-state index < -0.39 is 7.60 Å². The molecule has 2 atom stereocenters. The van der Waals surface area contributed by atoms with Crippen molar-refractivity contribution in [3.05, 3.63) is 35.9 Å². The molecule has 4 heteroatoms. The third-order valence-corrected chi connectivity index (χ3v) is 4.42. The predicted octanol–water partition coefficient (Wildman–Crippen LogP) is 4.75. The van der Waals surface area contributed by atoms with E-state index in [0.717, 1.165) is 37.7 Å². The Kier molecular flexibility index (Phi) is 7.37. The number of rotatable bonds is 9. The summed E-state index contributed by atoms with van der Waals surface area (Å²) in [6, 6.07) is 9.35. The molecule has 0 aliphatic heterocycles. The minimum atomic E-state index is -3.54. The Bertz CT molecular complexity index is 392. The van der Waals surface area contributed by atoms with Crippen LogP contribution in [0.5, 0.6) is 0 Å². The fourth-order valence-electron chi connectivity index (χ4n) is 2.09. The summed E-state index contributed by atoms with van der Waals surface area (Å²) in [6.45, 7) is 4.19. The second-order valence-corrected chi connectivity index (χ2v) is 6.74. The van der Waals surface area contributed by atoms with Crippen molar-refractivity contribution in [3.8, 4) is 0 Å². The smallest absolute Gasteiger partial charge is 0.324 e. The molecule has 1 rings (SSSR count). The number of hydrogen-bond acceptors (Lipinski definition) is 2. The van der Waals surface area contributed by atoms with Gasteiger partial charge in [-0.2, -0.15) is 0 Å². The van der Waals surface area contributed by atoms with Gasteiger partial charge in [-0.05, 0) is 18.4 Å². The van der Waals surface area contributed by atoms with Crippen LogP contribution in [0.1, 0.15) is 51.5 Å². The second kappa shape index (κ2) is 8.52. The van der Waals surface area contributed by atoms with Crippen LogP contribution in [0.4, 0.5) is 0 Å². The number of benzene rings is 1. The van der Waals surface area contributed by atoms with Crippen molar-refractivity contribution in [2.75, 3.05) is 0 Å². The Morgan fingerprint density at radius 1 is 1.16 bits per heavy atom. The molecule has 1 N–H and O–H groups in total. The molecular formula is C15H25O3P. The van der Waals surface area contributed by atoms with E-state index in [4.69, 9.17) is 4.52 Å². The lowest BCUT2D eigenvalue weighted by Crippen LogP contribution is -2.12. The molecule has 0 fully saturated rings. The first kappa shape index (κ1) is 16.4. The molecule has 0 aliphatic rings. The van der Waals surface area contributed by atoms with E-state index in [9.17, 15) is 9.46 Å². The summed E-state index contributed by atoms with van der Waals surface area (Å²) in [7, 11) is -3.54. The first-order valence-corrected chi connectivity index (χ1v) is 8.87. The maximum Gasteiger partial charge on any atom is 0.332 e. The summed E-state index contributed by atoms with van der Waals surface area (Å²) in [5.74, 6) is 0. The van der Waals surface area contributed by atoms with Crippen molar-refractivity contribution in [2.24, 2.45) is 0 Å². The highest BCUT2D eigenvalue weighted by molar-refractivity contribution is 7.51. The Labute approximate surface area is 116 Å². The molecule has 0 heterocycles. The van der Waals surface area contributed by atoms with Gasteiger partial charge in [0.2, 0.25) is 0 Å². The molecule has 1 aromatic rings. The van der Waals surface area contributed by atoms with Gasteiger partial charge < -0.3 is 9.42 Å². The zero-order chi connectivity index (χ0) is 14.1. The lowest BCUT2D eigenvalue weighted by atomic mass is 10.1. The maximum atomic E-state index is 12.2. The summed E-state index contributed by atoms with van der Waals surface area (Å²) in [5, 5.41) is 0. The van der Waals surface area contributed by atoms with Gasteiger partial charge in [0.1, 0.15) is 0 Å². The van der Waals surface area contributed by atoms with E-state index in [2.05, 4.69) is 13.8 Å². The molecule has 19 heavy (non-hydrogen) atoms. The summed E-state index contributed by atoms with van der Waals surface area (Å²) >= 11 is 0. The van der Waals surface area contributed by atoms with E-state index >= 15 is 0 Å². The Balaban J connectivity index is 2.57. The van der Waals surface area contributed by atoms with Crippen LogP contribution in [0.2, 0.25) is 0 Å². The van der Waals surface area contributed by atoms with Gasteiger partial charge in [-0.15, -0.1) is 0 Å². The van der Waals surface area contributed by atoms with Crippen LogP contribution in [0.25, 0.3) is 0 Å². The summed E-state index contributed by atoms with van der Waals surface area (Å²) in [5.41, 5.74) is 0.846. The minimum Gasteiger partial charge on any atom is -0.324 e. The van der Waals surface area contributed by atoms with Crippen LogP contribution in [0, 0.1) is 0 Å². The molecule has 0 spiro atoms. The van der Waals surface area contributed by atoms with Gasteiger partial charge in [0.15, 0.2) is 0 Å². The van der Waals surface area contributed by atoms with Crippen molar-refractivity contribution in [1.29, 1.82) is 0 Å². The number of unbranched alkanes of at least 4 members (excludes halogenated alkanes) is 1. The van der Waals surface area contributed by atoms with E-state index in [1.165, 1.54) is 0 Å². The van der Waals surface area contributed by atoms with Gasteiger partial charge in [0.05, 0.1) is 12.3 Å². The lowest BCUT2D eigenvalue weighted by Gasteiger charge is -2.21. The normalized spacial score (nSPS) is 15.9. The molecule has 0 aliphatic carbocycles. The van der Waals surface area contributed by atoms with Gasteiger partial charge in [-0.1, -0.05) is 63.4 Å². The van der Waals surface area contributed by atoms with Crippen molar-refractivity contribution < 1.29 is 14.0 Å². The van der Waals surface area contributed by atoms with Crippen molar-refractivity contribution >= 4 is 7.60 Å². The first-order chi connectivity index (χ1) is 9.07. The van der Waals surface area contributed by atoms with Crippen molar-refractivity contribution in [1.82, 2.24) is 0 Å². The van der Waals surface area contributed by atoms with Crippen molar-refractivity contribution in [2.45, 2.75) is 58.2 Å². The van der Waals surface area contributed by atoms with E-state index in [1.54, 1.807) is 0 Å². The van der Waals surface area contributed by atoms with E-state index in [-0.39, 0.29) is 12.3 Å². The van der Waals surface area contributed by atoms with Gasteiger partial charge in [0, 0.05) is 0 Å². The van der Waals surface area contributed by atoms with Crippen LogP contribution in [0.3, 0.4) is 0 Å². The Morgan fingerprint density at radius 2 is 1.84 bits per heavy atom. The average Bonchev–Trinajstić information content (AvgIpc) is 2.36. The molecule has 0 saturated heterocycles. The standard InChI is InChI=1S/C15H25O3P/c1-3-5-12-15(9-4-2)18-19(16,17)13-14-10-7-6-8-11-14/h6-8,10-11,15H,3-5,9,12-13H2,1-2H3,(H,16,17). The third kappa shape index (κ3) is 6.91. The van der Waals surface area contributed by atoms with Crippen LogP contribution in [-0.4, -0.2) is 11.0 Å². The second-order valence-electron chi connectivity index (χ2n) is 4.94. The third-order valence-electron chi connectivity index (χ3n) is 3.03. The first-order valence-electron chi connectivity index (χ1n) is 7.11. The molecule has 0 aromatic heterocycles. The summed E-state index contributed by atoms with van der Waals surface area (Å²) in [6.07, 6.45) is 4.81. The van der Waals surface area contributed by atoms with E-state index in [0.29, 0.717) is 0 Å². The molecule has 0 radical (unpaired) electrons. The van der Waals surface area contributed by atoms with E-state index in [1.807, 2.05) is 30.3 Å². The molecule has 0 bridgehead atoms. The van der Waals surface area contributed by atoms with Crippen molar-refractivity contribution in [3.63, 3.8) is 0 Å². The highest BCUT2D eigenvalue weighted by atomic mass is 31.2. The molecule has 2 unspecified atom stereocenters.